The Hall–Kier alpha value is -1.90. The normalized spacial score (nSPS) is 12.6. The zero-order valence-corrected chi connectivity index (χ0v) is 17.7. The lowest BCUT2D eigenvalue weighted by Crippen LogP contribution is -2.19. The summed E-state index contributed by atoms with van der Waals surface area (Å²) in [4.78, 5) is 17.7. The molecular formula is C19H20N2O3S3. The van der Waals surface area contributed by atoms with E-state index in [4.69, 9.17) is 0 Å². The number of nitrogens with zero attached hydrogens (tertiary/aromatic N) is 2. The molecule has 5 nitrogen and oxygen atoms in total. The number of sulfone groups is 1. The summed E-state index contributed by atoms with van der Waals surface area (Å²) < 4.78 is 27.1. The minimum atomic E-state index is -3.51. The van der Waals surface area contributed by atoms with Crippen molar-refractivity contribution >= 4 is 49.1 Å². The molecule has 0 bridgehead atoms. The summed E-state index contributed by atoms with van der Waals surface area (Å²) in [6, 6.07) is 12.3. The highest BCUT2D eigenvalue weighted by Crippen LogP contribution is 2.20. The summed E-state index contributed by atoms with van der Waals surface area (Å²) >= 11 is 3.16. The van der Waals surface area contributed by atoms with Gasteiger partial charge in [0.25, 0.3) is 5.91 Å². The number of benzene rings is 2. The molecule has 0 N–H and O–H groups in total. The molecule has 3 rings (SSSR count). The van der Waals surface area contributed by atoms with Crippen molar-refractivity contribution in [2.45, 2.75) is 18.4 Å². The molecule has 0 aliphatic heterocycles. The fourth-order valence-electron chi connectivity index (χ4n) is 2.78. The molecular weight excluding hydrogens is 400 g/mol. The van der Waals surface area contributed by atoms with Gasteiger partial charge in [-0.15, -0.1) is 0 Å². The number of thiazole rings is 1. The number of carbonyl (C=O) groups is 1. The fraction of sp³-hybridized carbons (Fsp3) is 0.263. The van der Waals surface area contributed by atoms with Crippen LogP contribution >= 0.6 is 23.1 Å². The van der Waals surface area contributed by atoms with E-state index in [1.807, 2.05) is 29.9 Å². The van der Waals surface area contributed by atoms with Crippen LogP contribution in [0.1, 0.15) is 15.9 Å². The molecule has 1 aromatic heterocycles. The van der Waals surface area contributed by atoms with E-state index in [-0.39, 0.29) is 10.5 Å². The Bertz CT molecular complexity index is 1170. The fourth-order valence-corrected chi connectivity index (χ4v) is 5.18. The molecule has 0 saturated carbocycles. The number of amides is 1. The molecule has 2 aromatic carbocycles. The predicted octanol–water partition coefficient (Wildman–Crippen LogP) is 3.52. The predicted molar refractivity (Wildman–Crippen MR) is 112 cm³/mol. The van der Waals surface area contributed by atoms with Crippen LogP contribution in [0.25, 0.3) is 10.2 Å². The van der Waals surface area contributed by atoms with Crippen molar-refractivity contribution in [1.82, 2.24) is 4.57 Å². The average Bonchev–Trinajstić information content (AvgIpc) is 2.95. The van der Waals surface area contributed by atoms with Crippen LogP contribution in [0.4, 0.5) is 0 Å². The van der Waals surface area contributed by atoms with Gasteiger partial charge in [-0.1, -0.05) is 29.5 Å². The molecule has 0 spiro atoms. The zero-order valence-electron chi connectivity index (χ0n) is 15.3. The Labute approximate surface area is 166 Å². The van der Waals surface area contributed by atoms with Crippen molar-refractivity contribution in [2.75, 3.05) is 18.3 Å². The Morgan fingerprint density at radius 2 is 1.96 bits per heavy atom. The highest BCUT2D eigenvalue weighted by atomic mass is 32.2. The van der Waals surface area contributed by atoms with E-state index >= 15 is 0 Å². The van der Waals surface area contributed by atoms with Crippen LogP contribution in [0.15, 0.2) is 52.4 Å². The van der Waals surface area contributed by atoms with E-state index in [9.17, 15) is 13.2 Å². The van der Waals surface area contributed by atoms with E-state index in [0.29, 0.717) is 4.80 Å². The van der Waals surface area contributed by atoms with Crippen LogP contribution in [-0.2, 0) is 16.4 Å². The second-order valence-corrected chi connectivity index (χ2v) is 10.2. The average molecular weight is 421 g/mol. The Morgan fingerprint density at radius 3 is 2.67 bits per heavy atom. The van der Waals surface area contributed by atoms with Crippen LogP contribution in [0.3, 0.4) is 0 Å². The van der Waals surface area contributed by atoms with Crippen LogP contribution in [0.2, 0.25) is 0 Å². The monoisotopic (exact) mass is 420 g/mol. The van der Waals surface area contributed by atoms with Gasteiger partial charge in [0.1, 0.15) is 0 Å². The number of aromatic nitrogens is 1. The van der Waals surface area contributed by atoms with Crippen LogP contribution in [-0.4, -0.2) is 37.2 Å². The number of fused-ring (bicyclic) bond motifs is 1. The lowest BCUT2D eigenvalue weighted by atomic mass is 10.2. The van der Waals surface area contributed by atoms with Gasteiger partial charge in [0, 0.05) is 18.6 Å². The van der Waals surface area contributed by atoms with Crippen molar-refractivity contribution in [2.24, 2.45) is 4.99 Å². The second kappa shape index (κ2) is 8.00. The minimum absolute atomic E-state index is 0.00590. The third-order valence-electron chi connectivity index (χ3n) is 4.07. The molecule has 27 heavy (non-hydrogen) atoms. The maximum absolute atomic E-state index is 12.8. The van der Waals surface area contributed by atoms with E-state index in [0.717, 1.165) is 34.3 Å². The Morgan fingerprint density at radius 1 is 1.22 bits per heavy atom. The first-order valence-corrected chi connectivity index (χ1v) is 12.4. The molecule has 0 atom stereocenters. The number of thioether (sulfide) groups is 1. The largest absolute Gasteiger partial charge is 0.316 e. The summed E-state index contributed by atoms with van der Waals surface area (Å²) in [6.45, 7) is 2.75. The highest BCUT2D eigenvalue weighted by molar-refractivity contribution is 7.98. The lowest BCUT2D eigenvalue weighted by molar-refractivity contribution is 0.0994. The van der Waals surface area contributed by atoms with Crippen LogP contribution < -0.4 is 4.80 Å². The maximum Gasteiger partial charge on any atom is 0.280 e. The second-order valence-electron chi connectivity index (χ2n) is 6.19. The molecule has 0 aliphatic carbocycles. The molecule has 0 aliphatic rings. The molecule has 1 amide bonds. The molecule has 0 unspecified atom stereocenters. The Balaban J connectivity index is 2.17. The summed E-state index contributed by atoms with van der Waals surface area (Å²) in [5.41, 5.74) is 2.27. The van der Waals surface area contributed by atoms with Gasteiger partial charge in [-0.25, -0.2) is 8.42 Å². The highest BCUT2D eigenvalue weighted by Gasteiger charge is 2.18. The topological polar surface area (TPSA) is 68.5 Å². The molecule has 0 saturated heterocycles. The molecule has 0 radical (unpaired) electrons. The molecule has 8 heteroatoms. The summed E-state index contributed by atoms with van der Waals surface area (Å²) in [7, 11) is -3.51. The van der Waals surface area contributed by atoms with Crippen LogP contribution in [0, 0.1) is 6.92 Å². The van der Waals surface area contributed by atoms with Crippen molar-refractivity contribution < 1.29 is 13.2 Å². The summed E-state index contributed by atoms with van der Waals surface area (Å²) in [6.07, 6.45) is 3.13. The number of rotatable bonds is 5. The van der Waals surface area contributed by atoms with Crippen molar-refractivity contribution in [3.8, 4) is 0 Å². The van der Waals surface area contributed by atoms with Gasteiger partial charge in [0.05, 0.1) is 20.7 Å². The van der Waals surface area contributed by atoms with Crippen molar-refractivity contribution in [1.29, 1.82) is 0 Å². The van der Waals surface area contributed by atoms with Gasteiger partial charge >= 0.3 is 0 Å². The van der Waals surface area contributed by atoms with Gasteiger partial charge in [0.2, 0.25) is 0 Å². The first kappa shape index (κ1) is 19.9. The van der Waals surface area contributed by atoms with E-state index in [1.54, 1.807) is 23.9 Å². The van der Waals surface area contributed by atoms with Gasteiger partial charge in [-0.05, 0) is 43.0 Å². The number of aryl methyl sites for hydroxylation is 2. The summed E-state index contributed by atoms with van der Waals surface area (Å²) in [5, 5.41) is 0. The van der Waals surface area contributed by atoms with Crippen LogP contribution in [0.5, 0.6) is 0 Å². The third-order valence-corrected chi connectivity index (χ3v) is 6.86. The van der Waals surface area contributed by atoms with Crippen molar-refractivity contribution in [3.63, 3.8) is 0 Å². The Kier molecular flexibility index (Phi) is 5.88. The van der Waals surface area contributed by atoms with E-state index < -0.39 is 15.7 Å². The first-order valence-electron chi connectivity index (χ1n) is 8.28. The first-order chi connectivity index (χ1) is 12.8. The number of carbonyl (C=O) groups excluding carboxylic acids is 1. The quantitative estimate of drug-likeness (QED) is 0.633. The molecule has 1 heterocycles. The maximum atomic E-state index is 12.8. The van der Waals surface area contributed by atoms with Crippen molar-refractivity contribution in [3.05, 3.63) is 58.4 Å². The van der Waals surface area contributed by atoms with Gasteiger partial charge in [0.15, 0.2) is 14.6 Å². The number of hydrogen-bond acceptors (Lipinski definition) is 5. The SMILES string of the molecule is CSCCn1c(=NC(=O)c2ccccc2S(C)(=O)=O)sc2cc(C)ccc21. The molecule has 0 fully saturated rings. The standard InChI is InChI=1S/C19H20N2O3S3/c1-13-8-9-15-16(12-13)26-19(21(15)10-11-25-2)20-18(22)14-6-4-5-7-17(14)27(3,23)24/h4-9,12H,10-11H2,1-3H3. The zero-order chi connectivity index (χ0) is 19.6. The lowest BCUT2D eigenvalue weighted by Gasteiger charge is -2.05. The molecule has 142 valence electrons. The third kappa shape index (κ3) is 4.34. The number of hydrogen-bond donors (Lipinski definition) is 0. The van der Waals surface area contributed by atoms with Gasteiger partial charge < -0.3 is 4.57 Å². The van der Waals surface area contributed by atoms with Gasteiger partial charge in [-0.3, -0.25) is 4.79 Å². The van der Waals surface area contributed by atoms with E-state index in [1.165, 1.54) is 23.5 Å². The summed E-state index contributed by atoms with van der Waals surface area (Å²) in [5.74, 6) is 0.346. The van der Waals surface area contributed by atoms with E-state index in [2.05, 4.69) is 11.1 Å². The smallest absolute Gasteiger partial charge is 0.280 e. The minimum Gasteiger partial charge on any atom is -0.316 e. The molecule has 3 aromatic rings. The van der Waals surface area contributed by atoms with Gasteiger partial charge in [-0.2, -0.15) is 16.8 Å².